The van der Waals surface area contributed by atoms with E-state index in [1.165, 1.54) is 5.19 Å². The third-order valence-electron chi connectivity index (χ3n) is 6.43. The number of aliphatic hydroxyl groups is 1. The van der Waals surface area contributed by atoms with E-state index in [2.05, 4.69) is 90.0 Å². The van der Waals surface area contributed by atoms with Gasteiger partial charge in [-0.2, -0.15) is 0 Å². The number of rotatable bonds is 9. The van der Waals surface area contributed by atoms with Gasteiger partial charge in [-0.05, 0) is 37.4 Å². The maximum absolute atomic E-state index is 11.7. The molecule has 0 amide bonds. The quantitative estimate of drug-likeness (QED) is 0.309. The van der Waals surface area contributed by atoms with Gasteiger partial charge in [0.15, 0.2) is 8.32 Å². The van der Waals surface area contributed by atoms with Crippen molar-refractivity contribution < 1.29 is 9.53 Å². The summed E-state index contributed by atoms with van der Waals surface area (Å²) in [7, 11) is -3.94. The van der Waals surface area contributed by atoms with Crippen LogP contribution in [-0.4, -0.2) is 33.3 Å². The van der Waals surface area contributed by atoms with Crippen molar-refractivity contribution >= 4 is 21.6 Å². The van der Waals surface area contributed by atoms with Gasteiger partial charge in [0.2, 0.25) is 0 Å². The number of hydrogen-bond donors (Lipinski definition) is 1. The van der Waals surface area contributed by atoms with Crippen LogP contribution in [0.4, 0.5) is 0 Å². The van der Waals surface area contributed by atoms with E-state index in [0.29, 0.717) is 13.0 Å². The predicted octanol–water partition coefficient (Wildman–Crippen LogP) is 5.87. The van der Waals surface area contributed by atoms with Crippen molar-refractivity contribution in [2.24, 2.45) is 0 Å². The summed E-state index contributed by atoms with van der Waals surface area (Å²) < 4.78 is 6.35. The Morgan fingerprint density at radius 3 is 2.14 bits per heavy atom. The fourth-order valence-corrected chi connectivity index (χ4v) is 6.76. The second-order valence-corrected chi connectivity index (χ2v) is 19.4. The second-order valence-electron chi connectivity index (χ2n) is 9.97. The highest BCUT2D eigenvalue weighted by Gasteiger charge is 2.45. The minimum atomic E-state index is -2.19. The van der Waals surface area contributed by atoms with Crippen LogP contribution < -0.4 is 5.19 Å². The lowest BCUT2D eigenvalue weighted by Crippen LogP contribution is -2.61. The molecule has 0 bridgehead atoms. The molecule has 28 heavy (non-hydrogen) atoms. The molecular weight excluding hydrogens is 376 g/mol. The van der Waals surface area contributed by atoms with Crippen molar-refractivity contribution in [3.8, 4) is 11.8 Å². The molecule has 1 rings (SSSR count). The van der Waals surface area contributed by atoms with Crippen LogP contribution in [0.15, 0.2) is 30.3 Å². The van der Waals surface area contributed by atoms with Crippen molar-refractivity contribution in [1.29, 1.82) is 0 Å². The first kappa shape index (κ1) is 25.2. The van der Waals surface area contributed by atoms with E-state index in [9.17, 15) is 5.11 Å². The highest BCUT2D eigenvalue weighted by molar-refractivity contribution is 6.92. The van der Waals surface area contributed by atoms with Crippen LogP contribution in [0.25, 0.3) is 0 Å². The SMILES string of the molecule is CCCCC#CC(O)(CCCO[Si](C)(C)C(C)(C)C)[Si](C)(C)c1ccccc1. The molecule has 0 aliphatic carbocycles. The predicted molar refractivity (Wildman–Crippen MR) is 128 cm³/mol. The molecule has 158 valence electrons. The highest BCUT2D eigenvalue weighted by Crippen LogP contribution is 2.37. The van der Waals surface area contributed by atoms with Crippen LogP contribution in [0.1, 0.15) is 59.8 Å². The summed E-state index contributed by atoms with van der Waals surface area (Å²) in [6.07, 6.45) is 4.60. The molecule has 1 unspecified atom stereocenters. The molecule has 0 saturated heterocycles. The first-order chi connectivity index (χ1) is 12.9. The lowest BCUT2D eigenvalue weighted by Gasteiger charge is -2.39. The first-order valence-electron chi connectivity index (χ1n) is 10.8. The van der Waals surface area contributed by atoms with Crippen LogP contribution in [-0.2, 0) is 4.43 Å². The lowest BCUT2D eigenvalue weighted by molar-refractivity contribution is 0.152. The van der Waals surface area contributed by atoms with Crippen molar-refractivity contribution in [2.45, 2.75) is 96.2 Å². The van der Waals surface area contributed by atoms with E-state index in [1.807, 2.05) is 6.07 Å². The monoisotopic (exact) mass is 418 g/mol. The van der Waals surface area contributed by atoms with Gasteiger partial charge in [-0.3, -0.25) is 0 Å². The van der Waals surface area contributed by atoms with Crippen LogP contribution >= 0.6 is 0 Å². The van der Waals surface area contributed by atoms with Crippen molar-refractivity contribution in [3.05, 3.63) is 30.3 Å². The van der Waals surface area contributed by atoms with Crippen LogP contribution in [0.2, 0.25) is 31.2 Å². The Morgan fingerprint density at radius 1 is 1.00 bits per heavy atom. The fraction of sp³-hybridized carbons (Fsp3) is 0.667. The van der Waals surface area contributed by atoms with Gasteiger partial charge in [-0.1, -0.05) is 88.6 Å². The van der Waals surface area contributed by atoms with Gasteiger partial charge in [-0.15, -0.1) is 5.92 Å². The summed E-state index contributed by atoms with van der Waals surface area (Å²) in [5.74, 6) is 6.61. The molecule has 1 N–H and O–H groups in total. The van der Waals surface area contributed by atoms with Gasteiger partial charge in [0.05, 0.1) is 0 Å². The summed E-state index contributed by atoms with van der Waals surface area (Å²) in [5.41, 5.74) is 0. The van der Waals surface area contributed by atoms with E-state index in [0.717, 1.165) is 25.7 Å². The van der Waals surface area contributed by atoms with Crippen molar-refractivity contribution in [3.63, 3.8) is 0 Å². The number of unbranched alkanes of at least 4 members (excludes halogenated alkanes) is 2. The third kappa shape index (κ3) is 6.59. The Labute approximate surface area is 176 Å². The zero-order valence-corrected chi connectivity index (χ0v) is 21.5. The average Bonchev–Trinajstić information content (AvgIpc) is 2.62. The normalized spacial score (nSPS) is 14.9. The molecule has 0 aliphatic heterocycles. The molecule has 4 heteroatoms. The van der Waals surface area contributed by atoms with Crippen molar-refractivity contribution in [1.82, 2.24) is 0 Å². The summed E-state index contributed by atoms with van der Waals surface area (Å²) in [6.45, 7) is 18.7. The Hall–Kier alpha value is -0.866. The minimum absolute atomic E-state index is 0.210. The van der Waals surface area contributed by atoms with Crippen LogP contribution in [0.5, 0.6) is 0 Å². The first-order valence-corrected chi connectivity index (χ1v) is 16.7. The Balaban J connectivity index is 2.95. The largest absolute Gasteiger partial charge is 0.417 e. The zero-order valence-electron chi connectivity index (χ0n) is 19.5. The standard InChI is InChI=1S/C24H42O2Si2/c1-9-10-11-15-19-24(25,27(5,6)22-17-13-12-14-18-22)20-16-21-26-28(7,8)23(2,3)4/h12-14,17-18,25H,9-11,16,20-21H2,1-8H3. The van der Waals surface area contributed by atoms with Crippen molar-refractivity contribution in [2.75, 3.05) is 6.61 Å². The maximum atomic E-state index is 11.7. The Kier molecular flexibility index (Phi) is 9.21. The summed E-state index contributed by atoms with van der Waals surface area (Å²) in [5, 5.41) is 12.3. The maximum Gasteiger partial charge on any atom is 0.191 e. The van der Waals surface area contributed by atoms with Gasteiger partial charge >= 0.3 is 0 Å². The van der Waals surface area contributed by atoms with Gasteiger partial charge in [0, 0.05) is 13.0 Å². The van der Waals surface area contributed by atoms with E-state index < -0.39 is 21.6 Å². The topological polar surface area (TPSA) is 29.5 Å². The molecule has 1 atom stereocenters. The van der Waals surface area contributed by atoms with E-state index in [4.69, 9.17) is 4.43 Å². The lowest BCUT2D eigenvalue weighted by atomic mass is 10.2. The van der Waals surface area contributed by atoms with E-state index >= 15 is 0 Å². The molecule has 1 aromatic rings. The van der Waals surface area contributed by atoms with Crippen LogP contribution in [0.3, 0.4) is 0 Å². The molecular formula is C24H42O2Si2. The molecule has 0 heterocycles. The highest BCUT2D eigenvalue weighted by atomic mass is 28.4. The minimum Gasteiger partial charge on any atom is -0.417 e. The van der Waals surface area contributed by atoms with Gasteiger partial charge in [-0.25, -0.2) is 0 Å². The number of hydrogen-bond acceptors (Lipinski definition) is 2. The van der Waals surface area contributed by atoms with Crippen LogP contribution in [0, 0.1) is 11.8 Å². The summed E-state index contributed by atoms with van der Waals surface area (Å²) in [6, 6.07) is 10.5. The third-order valence-corrected chi connectivity index (χ3v) is 15.2. The molecule has 0 saturated carbocycles. The summed E-state index contributed by atoms with van der Waals surface area (Å²) >= 11 is 0. The summed E-state index contributed by atoms with van der Waals surface area (Å²) in [4.78, 5) is 0. The van der Waals surface area contributed by atoms with Gasteiger partial charge < -0.3 is 9.53 Å². The zero-order chi connectivity index (χ0) is 21.5. The Bertz CT molecular complexity index is 651. The molecule has 0 aliphatic rings. The second kappa shape index (κ2) is 10.2. The van der Waals surface area contributed by atoms with Gasteiger partial charge in [0.1, 0.15) is 13.3 Å². The van der Waals surface area contributed by atoms with E-state index in [1.54, 1.807) is 0 Å². The molecule has 0 spiro atoms. The number of benzene rings is 1. The fourth-order valence-electron chi connectivity index (χ4n) is 2.97. The van der Waals surface area contributed by atoms with E-state index in [-0.39, 0.29) is 5.04 Å². The molecule has 0 fully saturated rings. The smallest absolute Gasteiger partial charge is 0.191 e. The average molecular weight is 419 g/mol. The molecule has 1 aromatic carbocycles. The van der Waals surface area contributed by atoms with Gasteiger partial charge in [0.25, 0.3) is 0 Å². The molecule has 2 nitrogen and oxygen atoms in total. The Morgan fingerprint density at radius 2 is 1.61 bits per heavy atom. The molecule has 0 aromatic heterocycles. The molecule has 0 radical (unpaired) electrons.